The Morgan fingerprint density at radius 1 is 1.44 bits per heavy atom. The van der Waals surface area contributed by atoms with Gasteiger partial charge in [0, 0.05) is 16.7 Å². The molecule has 0 bridgehead atoms. The summed E-state index contributed by atoms with van der Waals surface area (Å²) in [6, 6.07) is 7.24. The number of nitrogens with one attached hydrogen (secondary N) is 1. The molecule has 2 N–H and O–H groups in total. The number of rotatable bonds is 2. The van der Waals surface area contributed by atoms with Crippen LogP contribution in [0.2, 0.25) is 0 Å². The van der Waals surface area contributed by atoms with Crippen LogP contribution in [0.1, 0.15) is 13.8 Å². The molecular weight excluding hydrogens is 296 g/mol. The molecule has 1 aromatic carbocycles. The van der Waals surface area contributed by atoms with Gasteiger partial charge in [-0.05, 0) is 38.1 Å². The highest BCUT2D eigenvalue weighted by atomic mass is 79.9. The number of anilines is 1. The largest absolute Gasteiger partial charge is 0.394 e. The minimum atomic E-state index is -0.515. The zero-order chi connectivity index (χ0) is 13.3. The molecule has 98 valence electrons. The van der Waals surface area contributed by atoms with Crippen molar-refractivity contribution in [2.24, 2.45) is 0 Å². The molecule has 0 aliphatic carbocycles. The number of piperazine rings is 1. The van der Waals surface area contributed by atoms with Crippen molar-refractivity contribution in [2.45, 2.75) is 25.4 Å². The van der Waals surface area contributed by atoms with Crippen molar-refractivity contribution in [3.63, 3.8) is 0 Å². The predicted octanol–water partition coefficient (Wildman–Crippen LogP) is 1.52. The number of amides is 1. The normalized spacial score (nSPS) is 22.8. The Bertz CT molecular complexity index is 445. The summed E-state index contributed by atoms with van der Waals surface area (Å²) in [5.74, 6) is -0.128. The summed E-state index contributed by atoms with van der Waals surface area (Å²) in [6.45, 7) is 4.44. The van der Waals surface area contributed by atoms with Crippen LogP contribution in [0.15, 0.2) is 28.7 Å². The molecule has 1 aromatic rings. The minimum Gasteiger partial charge on any atom is -0.394 e. The molecule has 5 heteroatoms. The number of benzene rings is 1. The van der Waals surface area contributed by atoms with E-state index in [-0.39, 0.29) is 18.1 Å². The van der Waals surface area contributed by atoms with E-state index < -0.39 is 6.04 Å². The van der Waals surface area contributed by atoms with E-state index in [9.17, 15) is 9.90 Å². The summed E-state index contributed by atoms with van der Waals surface area (Å²) >= 11 is 3.39. The van der Waals surface area contributed by atoms with E-state index in [1.54, 1.807) is 0 Å². The monoisotopic (exact) mass is 312 g/mol. The van der Waals surface area contributed by atoms with Crippen LogP contribution in [0.3, 0.4) is 0 Å². The second-order valence-electron chi connectivity index (χ2n) is 5.18. The van der Waals surface area contributed by atoms with Crippen LogP contribution in [0.4, 0.5) is 5.69 Å². The van der Waals surface area contributed by atoms with Crippen molar-refractivity contribution in [2.75, 3.05) is 18.1 Å². The quantitative estimate of drug-likeness (QED) is 0.870. The average Bonchev–Trinajstić information content (AvgIpc) is 2.28. The molecule has 2 rings (SSSR count). The Morgan fingerprint density at radius 3 is 2.61 bits per heavy atom. The van der Waals surface area contributed by atoms with Crippen LogP contribution in [-0.4, -0.2) is 35.7 Å². The van der Waals surface area contributed by atoms with Gasteiger partial charge >= 0.3 is 0 Å². The van der Waals surface area contributed by atoms with Crippen molar-refractivity contribution in [1.29, 1.82) is 0 Å². The lowest BCUT2D eigenvalue weighted by molar-refractivity contribution is -0.126. The van der Waals surface area contributed by atoms with E-state index in [0.29, 0.717) is 6.54 Å². The number of carbonyl (C=O) groups excluding carboxylic acids is 1. The van der Waals surface area contributed by atoms with Crippen LogP contribution in [0.5, 0.6) is 0 Å². The van der Waals surface area contributed by atoms with Gasteiger partial charge in [0.15, 0.2) is 0 Å². The third-order valence-electron chi connectivity index (χ3n) is 3.04. The summed E-state index contributed by atoms with van der Waals surface area (Å²) in [4.78, 5) is 13.9. The van der Waals surface area contributed by atoms with E-state index in [0.717, 1.165) is 10.2 Å². The molecule has 1 saturated heterocycles. The van der Waals surface area contributed by atoms with E-state index in [1.165, 1.54) is 0 Å². The SMILES string of the molecule is CC1(C)CN(c2ccc(Br)cc2)C(CO)C(=O)N1. The van der Waals surface area contributed by atoms with Gasteiger partial charge in [-0.1, -0.05) is 15.9 Å². The standard InChI is InChI=1S/C13H17BrN2O2/c1-13(2)8-16(11(7-17)12(18)15-13)10-5-3-9(14)4-6-10/h3-6,11,17H,7-8H2,1-2H3,(H,15,18). The van der Waals surface area contributed by atoms with E-state index in [2.05, 4.69) is 21.2 Å². The zero-order valence-electron chi connectivity index (χ0n) is 10.5. The van der Waals surface area contributed by atoms with E-state index >= 15 is 0 Å². The molecule has 0 saturated carbocycles. The molecule has 0 spiro atoms. The lowest BCUT2D eigenvalue weighted by Gasteiger charge is -2.44. The van der Waals surface area contributed by atoms with Gasteiger partial charge in [-0.3, -0.25) is 4.79 Å². The average molecular weight is 313 g/mol. The number of carbonyl (C=O) groups is 1. The number of hydrogen-bond donors (Lipinski definition) is 2. The third-order valence-corrected chi connectivity index (χ3v) is 3.57. The Balaban J connectivity index is 2.32. The van der Waals surface area contributed by atoms with E-state index in [4.69, 9.17) is 0 Å². The molecule has 4 nitrogen and oxygen atoms in total. The van der Waals surface area contributed by atoms with Crippen molar-refractivity contribution < 1.29 is 9.90 Å². The van der Waals surface area contributed by atoms with Crippen LogP contribution in [-0.2, 0) is 4.79 Å². The summed E-state index contributed by atoms with van der Waals surface area (Å²) < 4.78 is 0.993. The van der Waals surface area contributed by atoms with Crippen molar-refractivity contribution in [3.8, 4) is 0 Å². The second kappa shape index (κ2) is 4.90. The highest BCUT2D eigenvalue weighted by Crippen LogP contribution is 2.25. The van der Waals surface area contributed by atoms with Gasteiger partial charge in [0.1, 0.15) is 6.04 Å². The Kier molecular flexibility index (Phi) is 3.64. The van der Waals surface area contributed by atoms with Crippen LogP contribution in [0, 0.1) is 0 Å². The van der Waals surface area contributed by atoms with Crippen LogP contribution < -0.4 is 10.2 Å². The van der Waals surface area contributed by atoms with Crippen molar-refractivity contribution in [1.82, 2.24) is 5.32 Å². The Labute approximate surface area is 115 Å². The van der Waals surface area contributed by atoms with Crippen LogP contribution in [0.25, 0.3) is 0 Å². The van der Waals surface area contributed by atoms with Gasteiger partial charge in [0.25, 0.3) is 0 Å². The summed E-state index contributed by atoms with van der Waals surface area (Å²) in [5, 5.41) is 12.3. The second-order valence-corrected chi connectivity index (χ2v) is 6.09. The first-order valence-corrected chi connectivity index (χ1v) is 6.67. The number of nitrogens with zero attached hydrogens (tertiary/aromatic N) is 1. The fraction of sp³-hybridized carbons (Fsp3) is 0.462. The molecule has 0 radical (unpaired) electrons. The zero-order valence-corrected chi connectivity index (χ0v) is 12.1. The fourth-order valence-corrected chi connectivity index (χ4v) is 2.48. The molecule has 1 heterocycles. The molecule has 0 aromatic heterocycles. The highest BCUT2D eigenvalue weighted by Gasteiger charge is 2.38. The molecular formula is C13H17BrN2O2. The van der Waals surface area contributed by atoms with Crippen molar-refractivity contribution in [3.05, 3.63) is 28.7 Å². The lowest BCUT2D eigenvalue weighted by atomic mass is 9.97. The number of hydrogen-bond acceptors (Lipinski definition) is 3. The Hall–Kier alpha value is -1.07. The molecule has 1 aliphatic rings. The molecule has 1 amide bonds. The number of aliphatic hydroxyl groups is 1. The first-order valence-electron chi connectivity index (χ1n) is 5.88. The first-order chi connectivity index (χ1) is 8.43. The van der Waals surface area contributed by atoms with Gasteiger partial charge < -0.3 is 15.3 Å². The van der Waals surface area contributed by atoms with Gasteiger partial charge in [-0.25, -0.2) is 0 Å². The summed E-state index contributed by atoms with van der Waals surface area (Å²) in [5.41, 5.74) is 0.649. The van der Waals surface area contributed by atoms with Crippen LogP contribution >= 0.6 is 15.9 Å². The summed E-state index contributed by atoms with van der Waals surface area (Å²) in [6.07, 6.45) is 0. The molecule has 1 aliphatic heterocycles. The Morgan fingerprint density at radius 2 is 2.06 bits per heavy atom. The molecule has 1 unspecified atom stereocenters. The first kappa shape index (κ1) is 13.4. The van der Waals surface area contributed by atoms with Gasteiger partial charge in [-0.2, -0.15) is 0 Å². The lowest BCUT2D eigenvalue weighted by Crippen LogP contribution is -2.66. The van der Waals surface area contributed by atoms with Gasteiger partial charge in [-0.15, -0.1) is 0 Å². The van der Waals surface area contributed by atoms with Gasteiger partial charge in [0.05, 0.1) is 12.1 Å². The maximum absolute atomic E-state index is 12.0. The molecule has 1 atom stereocenters. The van der Waals surface area contributed by atoms with Gasteiger partial charge in [0.2, 0.25) is 5.91 Å². The predicted molar refractivity (Wildman–Crippen MR) is 74.6 cm³/mol. The topological polar surface area (TPSA) is 52.6 Å². The maximum Gasteiger partial charge on any atom is 0.245 e. The number of aliphatic hydroxyl groups excluding tert-OH is 1. The smallest absolute Gasteiger partial charge is 0.245 e. The minimum absolute atomic E-state index is 0.128. The highest BCUT2D eigenvalue weighted by molar-refractivity contribution is 9.10. The van der Waals surface area contributed by atoms with Crippen molar-refractivity contribution >= 4 is 27.5 Å². The number of halogens is 1. The van der Waals surface area contributed by atoms with E-state index in [1.807, 2.05) is 43.0 Å². The third kappa shape index (κ3) is 2.67. The molecule has 18 heavy (non-hydrogen) atoms. The fourth-order valence-electron chi connectivity index (χ4n) is 2.22. The maximum atomic E-state index is 12.0. The molecule has 1 fully saturated rings. The summed E-state index contributed by atoms with van der Waals surface area (Å²) in [7, 11) is 0.